The van der Waals surface area contributed by atoms with Crippen LogP contribution in [0.4, 0.5) is 0 Å². The Balaban J connectivity index is 2.60. The number of nitrogens with zero attached hydrogens (tertiary/aromatic N) is 1. The molecule has 0 fully saturated rings. The van der Waals surface area contributed by atoms with Gasteiger partial charge in [0, 0.05) is 11.8 Å². The number of pyridine rings is 1. The third-order valence-electron chi connectivity index (χ3n) is 2.09. The number of hydrogen-bond donors (Lipinski definition) is 0. The molecule has 0 unspecified atom stereocenters. The van der Waals surface area contributed by atoms with Crippen molar-refractivity contribution in [3.63, 3.8) is 0 Å². The minimum absolute atomic E-state index is 0.760. The summed E-state index contributed by atoms with van der Waals surface area (Å²) in [5.74, 6) is 0.822. The van der Waals surface area contributed by atoms with E-state index in [0.29, 0.717) is 0 Å². The van der Waals surface area contributed by atoms with E-state index < -0.39 is 0 Å². The normalized spacial score (nSPS) is 10.1. The Morgan fingerprint density at radius 2 is 2.14 bits per heavy atom. The first kappa shape index (κ1) is 11.0. The molecule has 0 aliphatic heterocycles. The molecule has 0 aliphatic rings. The summed E-state index contributed by atoms with van der Waals surface area (Å²) in [5.41, 5.74) is 1.24. The summed E-state index contributed by atoms with van der Waals surface area (Å²) in [5, 5.41) is 0. The van der Waals surface area contributed by atoms with Gasteiger partial charge in [0.15, 0.2) is 0 Å². The molecule has 0 aromatic carbocycles. The van der Waals surface area contributed by atoms with Gasteiger partial charge in [-0.3, -0.25) is 0 Å². The number of unbranched alkanes of at least 4 members (excludes halogenated alkanes) is 1. The molecule has 0 atom stereocenters. The fourth-order valence-electron chi connectivity index (χ4n) is 1.31. The van der Waals surface area contributed by atoms with Gasteiger partial charge in [-0.25, -0.2) is 4.98 Å². The third-order valence-corrected chi connectivity index (χ3v) is 2.09. The predicted octanol–water partition coefficient (Wildman–Crippen LogP) is 3.21. The predicted molar refractivity (Wildman–Crippen MR) is 58.6 cm³/mol. The SMILES string of the molecule is CCCCc1cccnc1OCCC. The molecule has 0 amide bonds. The molecule has 0 aliphatic carbocycles. The van der Waals surface area contributed by atoms with Crippen molar-refractivity contribution in [2.45, 2.75) is 39.5 Å². The van der Waals surface area contributed by atoms with Crippen LogP contribution in [0.2, 0.25) is 0 Å². The van der Waals surface area contributed by atoms with Crippen LogP contribution in [0.3, 0.4) is 0 Å². The highest BCUT2D eigenvalue weighted by Crippen LogP contribution is 2.16. The topological polar surface area (TPSA) is 22.1 Å². The van der Waals surface area contributed by atoms with Crippen LogP contribution in [0.15, 0.2) is 18.3 Å². The van der Waals surface area contributed by atoms with Crippen molar-refractivity contribution in [1.82, 2.24) is 4.98 Å². The molecule has 0 radical (unpaired) electrons. The van der Waals surface area contributed by atoms with Crippen molar-refractivity contribution >= 4 is 0 Å². The Morgan fingerprint density at radius 1 is 1.29 bits per heavy atom. The van der Waals surface area contributed by atoms with Gasteiger partial charge in [0.25, 0.3) is 0 Å². The second-order valence-corrected chi connectivity index (χ2v) is 3.42. The van der Waals surface area contributed by atoms with Crippen LogP contribution in [0.1, 0.15) is 38.7 Å². The van der Waals surface area contributed by atoms with Gasteiger partial charge in [0.05, 0.1) is 6.61 Å². The van der Waals surface area contributed by atoms with Crippen LogP contribution in [0.25, 0.3) is 0 Å². The fraction of sp³-hybridized carbons (Fsp3) is 0.583. The van der Waals surface area contributed by atoms with Crippen LogP contribution in [0, 0.1) is 0 Å². The van der Waals surface area contributed by atoms with E-state index in [9.17, 15) is 0 Å². The monoisotopic (exact) mass is 193 g/mol. The smallest absolute Gasteiger partial charge is 0.216 e. The first-order valence-electron chi connectivity index (χ1n) is 5.45. The number of rotatable bonds is 6. The van der Waals surface area contributed by atoms with Gasteiger partial charge in [-0.2, -0.15) is 0 Å². The minimum atomic E-state index is 0.760. The molecule has 0 bridgehead atoms. The highest BCUT2D eigenvalue weighted by Gasteiger charge is 2.02. The van der Waals surface area contributed by atoms with Gasteiger partial charge < -0.3 is 4.74 Å². The third kappa shape index (κ3) is 3.36. The van der Waals surface area contributed by atoms with Crippen LogP contribution < -0.4 is 4.74 Å². The van der Waals surface area contributed by atoms with Gasteiger partial charge in [-0.15, -0.1) is 0 Å². The van der Waals surface area contributed by atoms with Crippen molar-refractivity contribution in [3.05, 3.63) is 23.9 Å². The van der Waals surface area contributed by atoms with Crippen molar-refractivity contribution in [2.75, 3.05) is 6.61 Å². The van der Waals surface area contributed by atoms with Crippen LogP contribution in [-0.4, -0.2) is 11.6 Å². The molecular formula is C12H19NO. The summed E-state index contributed by atoms with van der Waals surface area (Å²) in [4.78, 5) is 4.25. The summed E-state index contributed by atoms with van der Waals surface area (Å²) >= 11 is 0. The van der Waals surface area contributed by atoms with E-state index >= 15 is 0 Å². The minimum Gasteiger partial charge on any atom is -0.477 e. The van der Waals surface area contributed by atoms with Crippen LogP contribution >= 0.6 is 0 Å². The van der Waals surface area contributed by atoms with Gasteiger partial charge in [-0.1, -0.05) is 26.3 Å². The summed E-state index contributed by atoms with van der Waals surface area (Å²) in [6.07, 6.45) is 6.31. The van der Waals surface area contributed by atoms with Gasteiger partial charge in [-0.05, 0) is 25.3 Å². The lowest BCUT2D eigenvalue weighted by molar-refractivity contribution is 0.301. The standard InChI is InChI=1S/C12H19NO/c1-3-5-7-11-8-6-9-13-12(11)14-10-4-2/h6,8-9H,3-5,7,10H2,1-2H3. The molecule has 0 spiro atoms. The van der Waals surface area contributed by atoms with Crippen molar-refractivity contribution in [2.24, 2.45) is 0 Å². The number of aromatic nitrogens is 1. The Labute approximate surface area is 86.3 Å². The first-order chi connectivity index (χ1) is 6.88. The quantitative estimate of drug-likeness (QED) is 0.692. The second-order valence-electron chi connectivity index (χ2n) is 3.42. The van der Waals surface area contributed by atoms with Gasteiger partial charge >= 0.3 is 0 Å². The van der Waals surface area contributed by atoms with E-state index in [1.54, 1.807) is 6.20 Å². The number of hydrogen-bond acceptors (Lipinski definition) is 2. The maximum Gasteiger partial charge on any atom is 0.216 e. The van der Waals surface area contributed by atoms with Crippen LogP contribution in [0.5, 0.6) is 5.88 Å². The Bertz CT molecular complexity index is 233. The van der Waals surface area contributed by atoms with E-state index in [-0.39, 0.29) is 0 Å². The zero-order valence-electron chi connectivity index (χ0n) is 9.12. The molecule has 0 saturated carbocycles. The maximum absolute atomic E-state index is 5.57. The average molecular weight is 193 g/mol. The first-order valence-corrected chi connectivity index (χ1v) is 5.45. The van der Waals surface area contributed by atoms with Crippen molar-refractivity contribution in [3.8, 4) is 5.88 Å². The fourth-order valence-corrected chi connectivity index (χ4v) is 1.31. The molecule has 0 saturated heterocycles. The van der Waals surface area contributed by atoms with E-state index in [1.165, 1.54) is 18.4 Å². The summed E-state index contributed by atoms with van der Waals surface area (Å²) in [6.45, 7) is 5.06. The van der Waals surface area contributed by atoms with E-state index in [2.05, 4.69) is 24.9 Å². The summed E-state index contributed by atoms with van der Waals surface area (Å²) < 4.78 is 5.57. The van der Waals surface area contributed by atoms with Crippen LogP contribution in [-0.2, 0) is 6.42 Å². The van der Waals surface area contributed by atoms with E-state index in [4.69, 9.17) is 4.74 Å². The molecule has 2 nitrogen and oxygen atoms in total. The maximum atomic E-state index is 5.57. The van der Waals surface area contributed by atoms with Gasteiger partial charge in [0.1, 0.15) is 0 Å². The zero-order chi connectivity index (χ0) is 10.2. The Morgan fingerprint density at radius 3 is 2.86 bits per heavy atom. The van der Waals surface area contributed by atoms with E-state index in [0.717, 1.165) is 25.3 Å². The highest BCUT2D eigenvalue weighted by molar-refractivity contribution is 5.25. The van der Waals surface area contributed by atoms with E-state index in [1.807, 2.05) is 6.07 Å². The van der Waals surface area contributed by atoms with Gasteiger partial charge in [0.2, 0.25) is 5.88 Å². The zero-order valence-corrected chi connectivity index (χ0v) is 9.12. The second kappa shape index (κ2) is 6.41. The summed E-state index contributed by atoms with van der Waals surface area (Å²) in [7, 11) is 0. The summed E-state index contributed by atoms with van der Waals surface area (Å²) in [6, 6.07) is 4.08. The number of aryl methyl sites for hydroxylation is 1. The molecular weight excluding hydrogens is 174 g/mol. The van der Waals surface area contributed by atoms with Crippen molar-refractivity contribution in [1.29, 1.82) is 0 Å². The molecule has 1 aromatic heterocycles. The molecule has 2 heteroatoms. The lowest BCUT2D eigenvalue weighted by Crippen LogP contribution is -2.00. The molecule has 0 N–H and O–H groups in total. The largest absolute Gasteiger partial charge is 0.477 e. The lowest BCUT2D eigenvalue weighted by Gasteiger charge is -2.08. The average Bonchev–Trinajstić information content (AvgIpc) is 2.24. The Kier molecular flexibility index (Phi) is 5.05. The molecule has 78 valence electrons. The molecule has 1 heterocycles. The lowest BCUT2D eigenvalue weighted by atomic mass is 10.1. The Hall–Kier alpha value is -1.05. The van der Waals surface area contributed by atoms with Crippen molar-refractivity contribution < 1.29 is 4.74 Å². The highest BCUT2D eigenvalue weighted by atomic mass is 16.5. The molecule has 14 heavy (non-hydrogen) atoms. The molecule has 1 aromatic rings. The number of ether oxygens (including phenoxy) is 1. The molecule has 1 rings (SSSR count).